The molecule has 6 rings (SSSR count). The fourth-order valence-electron chi connectivity index (χ4n) is 3.87. The standard InChI is InChI=1S/C26H17FN4.2ClH.Mn/c27-17-3-1-16(2-4-17)25-14-24-13-22-8-7-20(29-22)11-18-5-6-19(28-18)12-21-9-10-23(30-21)15-26(25)31-24;;;/h1-15,29-30H;2*1H;/q;;;+2/p-2. The van der Waals surface area contributed by atoms with Crippen molar-refractivity contribution in [3.8, 4) is 0 Å². The normalized spacial score (nSPS) is 11.6. The van der Waals surface area contributed by atoms with Crippen LogP contribution in [0.2, 0.25) is 0 Å². The molecule has 0 fully saturated rings. The number of fused-ring (bicyclic) bond motifs is 8. The zero-order valence-corrected chi connectivity index (χ0v) is 20.3. The molecule has 169 valence electrons. The summed E-state index contributed by atoms with van der Waals surface area (Å²) in [6, 6.07) is 22.6. The molecule has 0 saturated heterocycles. The van der Waals surface area contributed by atoms with Crippen molar-refractivity contribution in [2.24, 2.45) is 0 Å². The molecule has 1 radical (unpaired) electrons. The third kappa shape index (κ3) is 5.16. The molecule has 0 unspecified atom stereocenters. The summed E-state index contributed by atoms with van der Waals surface area (Å²) < 4.78 is 13.5. The van der Waals surface area contributed by atoms with Crippen LogP contribution in [0.4, 0.5) is 4.39 Å². The molecule has 0 spiro atoms. The minimum Gasteiger partial charge on any atom is -1.00 e. The Balaban J connectivity index is 0.00000108. The van der Waals surface area contributed by atoms with Crippen molar-refractivity contribution in [1.29, 1.82) is 0 Å². The topological polar surface area (TPSA) is 57.4 Å². The third-order valence-corrected chi connectivity index (χ3v) is 5.32. The van der Waals surface area contributed by atoms with E-state index in [-0.39, 0.29) is 47.7 Å². The molecule has 0 atom stereocenters. The summed E-state index contributed by atoms with van der Waals surface area (Å²) in [6.07, 6.45) is 6.03. The van der Waals surface area contributed by atoms with Crippen molar-refractivity contribution in [2.75, 3.05) is 0 Å². The molecule has 8 bridgehead atoms. The number of halogens is 3. The van der Waals surface area contributed by atoms with Crippen LogP contribution < -0.4 is 24.8 Å². The fraction of sp³-hybridized carbons (Fsp3) is 0. The maximum atomic E-state index is 13.5. The van der Waals surface area contributed by atoms with Gasteiger partial charge in [0.25, 0.3) is 0 Å². The van der Waals surface area contributed by atoms with Crippen LogP contribution in [-0.4, -0.2) is 19.9 Å². The number of hydrogen-bond donors (Lipinski definition) is 2. The first-order valence-corrected chi connectivity index (χ1v) is 10.0. The van der Waals surface area contributed by atoms with E-state index in [2.05, 4.69) is 15.0 Å². The number of aromatic amines is 2. The number of benzene rings is 1. The minimum atomic E-state index is -0.255. The Hall–Kier alpha value is -3.15. The monoisotopic (exact) mass is 529 g/mol. The molecule has 34 heavy (non-hydrogen) atoms. The summed E-state index contributed by atoms with van der Waals surface area (Å²) in [4.78, 5) is 16.3. The Labute approximate surface area is 218 Å². The predicted octanol–water partition coefficient (Wildman–Crippen LogP) is 0.219. The van der Waals surface area contributed by atoms with Crippen LogP contribution in [0.15, 0.2) is 72.8 Å². The maximum Gasteiger partial charge on any atom is 2.00 e. The van der Waals surface area contributed by atoms with E-state index in [9.17, 15) is 4.39 Å². The predicted molar refractivity (Wildman–Crippen MR) is 123 cm³/mol. The van der Waals surface area contributed by atoms with Crippen LogP contribution >= 0.6 is 0 Å². The summed E-state index contributed by atoms with van der Waals surface area (Å²) in [5.41, 5.74) is 9.15. The molecule has 0 amide bonds. The number of nitrogens with zero attached hydrogens (tertiary/aromatic N) is 2. The molecule has 4 nitrogen and oxygen atoms in total. The summed E-state index contributed by atoms with van der Waals surface area (Å²) in [7, 11) is 0. The van der Waals surface area contributed by atoms with Gasteiger partial charge in [0.2, 0.25) is 0 Å². The molecular weight excluding hydrogens is 513 g/mol. The average Bonchev–Trinajstić information content (AvgIpc) is 3.54. The summed E-state index contributed by atoms with van der Waals surface area (Å²) in [6.45, 7) is 0. The first-order valence-electron chi connectivity index (χ1n) is 10.0. The summed E-state index contributed by atoms with van der Waals surface area (Å²) in [5, 5.41) is 0. The molecule has 0 saturated carbocycles. The molecule has 1 aromatic carbocycles. The second-order valence-corrected chi connectivity index (χ2v) is 7.60. The maximum absolute atomic E-state index is 13.5. The van der Waals surface area contributed by atoms with Gasteiger partial charge in [0.05, 0.1) is 22.8 Å². The minimum absolute atomic E-state index is 0. The van der Waals surface area contributed by atoms with Crippen molar-refractivity contribution in [2.45, 2.75) is 0 Å². The van der Waals surface area contributed by atoms with Gasteiger partial charge in [0.1, 0.15) is 5.82 Å². The van der Waals surface area contributed by atoms with Crippen molar-refractivity contribution in [3.05, 3.63) is 107 Å². The van der Waals surface area contributed by atoms with Gasteiger partial charge < -0.3 is 34.8 Å². The van der Waals surface area contributed by atoms with E-state index in [1.807, 2.05) is 66.8 Å². The average molecular weight is 530 g/mol. The van der Waals surface area contributed by atoms with E-state index in [0.29, 0.717) is 0 Å². The third-order valence-electron chi connectivity index (χ3n) is 5.32. The Morgan fingerprint density at radius 2 is 1.09 bits per heavy atom. The van der Waals surface area contributed by atoms with Gasteiger partial charge in [-0.3, -0.25) is 0 Å². The van der Waals surface area contributed by atoms with E-state index < -0.39 is 0 Å². The van der Waals surface area contributed by atoms with Gasteiger partial charge >= 0.3 is 17.1 Å². The second-order valence-electron chi connectivity index (χ2n) is 7.60. The van der Waals surface area contributed by atoms with Crippen LogP contribution in [-0.2, 0) is 17.1 Å². The van der Waals surface area contributed by atoms with Gasteiger partial charge in [0, 0.05) is 27.6 Å². The summed E-state index contributed by atoms with van der Waals surface area (Å²) in [5.74, 6) is -0.255. The number of hydrogen-bond acceptors (Lipinski definition) is 2. The zero-order chi connectivity index (χ0) is 20.8. The quantitative estimate of drug-likeness (QED) is 0.299. The molecule has 2 N–H and O–H groups in total. The zero-order valence-electron chi connectivity index (χ0n) is 17.6. The SMILES string of the molecule is Fc1ccc(C2=Cc3cc4ccc(cc5nc(cc6ccc(cc2n3)[nH]6)C=C5)[nH]4)cc1.[Cl-].[Cl-].[Mn+2]. The smallest absolute Gasteiger partial charge is 1.00 e. The molecule has 3 aromatic heterocycles. The Morgan fingerprint density at radius 1 is 0.588 bits per heavy atom. The molecule has 2 aliphatic heterocycles. The molecule has 2 aliphatic rings. The van der Waals surface area contributed by atoms with E-state index in [1.165, 1.54) is 12.1 Å². The fourth-order valence-corrected chi connectivity index (χ4v) is 3.87. The van der Waals surface area contributed by atoms with E-state index in [0.717, 1.165) is 56.0 Å². The first kappa shape index (κ1) is 25.5. The Bertz CT molecular complexity index is 1550. The molecular formula is C26H17Cl2FMnN4. The van der Waals surface area contributed by atoms with Crippen molar-refractivity contribution in [3.63, 3.8) is 0 Å². The molecule has 0 aliphatic carbocycles. The number of rotatable bonds is 1. The Morgan fingerprint density at radius 3 is 1.65 bits per heavy atom. The van der Waals surface area contributed by atoms with Gasteiger partial charge in [-0.15, -0.1) is 0 Å². The van der Waals surface area contributed by atoms with Crippen LogP contribution in [0.1, 0.15) is 28.3 Å². The Kier molecular flexibility index (Phi) is 7.80. The van der Waals surface area contributed by atoms with E-state index in [1.54, 1.807) is 12.1 Å². The van der Waals surface area contributed by atoms with Crippen LogP contribution in [0, 0.1) is 5.82 Å². The number of aromatic nitrogens is 4. The van der Waals surface area contributed by atoms with Crippen LogP contribution in [0.3, 0.4) is 0 Å². The van der Waals surface area contributed by atoms with E-state index >= 15 is 0 Å². The molecule has 5 heterocycles. The number of H-pyrrole nitrogens is 2. The van der Waals surface area contributed by atoms with Crippen molar-refractivity contribution >= 4 is 45.9 Å². The first-order chi connectivity index (χ1) is 15.2. The second kappa shape index (κ2) is 10.4. The van der Waals surface area contributed by atoms with Crippen LogP contribution in [0.5, 0.6) is 0 Å². The van der Waals surface area contributed by atoms with Gasteiger partial charge in [0.15, 0.2) is 0 Å². The van der Waals surface area contributed by atoms with E-state index in [4.69, 9.17) is 4.98 Å². The van der Waals surface area contributed by atoms with Gasteiger partial charge in [-0.2, -0.15) is 0 Å². The summed E-state index contributed by atoms with van der Waals surface area (Å²) >= 11 is 0. The van der Waals surface area contributed by atoms with Gasteiger partial charge in [-0.05, 0) is 84.5 Å². The molecule has 4 aromatic rings. The number of nitrogens with one attached hydrogen (secondary N) is 2. The van der Waals surface area contributed by atoms with Gasteiger partial charge in [-0.25, -0.2) is 14.4 Å². The van der Waals surface area contributed by atoms with Crippen molar-refractivity contribution in [1.82, 2.24) is 19.9 Å². The van der Waals surface area contributed by atoms with Gasteiger partial charge in [-0.1, -0.05) is 12.1 Å². The molecule has 8 heteroatoms. The van der Waals surface area contributed by atoms with Crippen molar-refractivity contribution < 1.29 is 46.3 Å². The largest absolute Gasteiger partial charge is 2.00 e. The van der Waals surface area contributed by atoms with Crippen LogP contribution in [0.25, 0.3) is 45.9 Å².